The van der Waals surface area contributed by atoms with Crippen LogP contribution in [0, 0.1) is 0 Å². The highest BCUT2D eigenvalue weighted by Crippen LogP contribution is 2.03. The van der Waals surface area contributed by atoms with Gasteiger partial charge < -0.3 is 15.2 Å². The molecule has 0 radical (unpaired) electrons. The van der Waals surface area contributed by atoms with Gasteiger partial charge >= 0.3 is 5.97 Å². The number of hydrogen-bond donors (Lipinski definition) is 2. The Morgan fingerprint density at radius 1 is 1.28 bits per heavy atom. The summed E-state index contributed by atoms with van der Waals surface area (Å²) in [5.74, 6) is -0.779. The number of carboxylic acids is 1. The van der Waals surface area contributed by atoms with E-state index in [0.29, 0.717) is 19.1 Å². The first kappa shape index (κ1) is 17.4. The molecule has 108 valence electrons. The van der Waals surface area contributed by atoms with Crippen molar-refractivity contribution in [3.05, 3.63) is 0 Å². The second kappa shape index (κ2) is 9.30. The minimum absolute atomic E-state index is 0.178. The molecule has 2 N–H and O–H groups in total. The van der Waals surface area contributed by atoms with Crippen molar-refractivity contribution in [1.29, 1.82) is 0 Å². The first-order chi connectivity index (χ1) is 8.38. The molecule has 0 saturated heterocycles. The van der Waals surface area contributed by atoms with Gasteiger partial charge in [-0.1, -0.05) is 13.8 Å². The smallest absolute Gasteiger partial charge is 0.320 e. The molecule has 0 bridgehead atoms. The van der Waals surface area contributed by atoms with Crippen molar-refractivity contribution in [2.24, 2.45) is 0 Å². The van der Waals surface area contributed by atoms with Crippen molar-refractivity contribution in [3.63, 3.8) is 0 Å². The van der Waals surface area contributed by atoms with Crippen molar-refractivity contribution in [2.45, 2.75) is 52.2 Å². The number of methoxy groups -OCH3 is 1. The molecule has 0 aliphatic heterocycles. The molecule has 0 heterocycles. The van der Waals surface area contributed by atoms with E-state index in [2.05, 4.69) is 24.1 Å². The second-order valence-corrected chi connectivity index (χ2v) is 5.12. The van der Waals surface area contributed by atoms with Crippen molar-refractivity contribution in [1.82, 2.24) is 10.2 Å². The van der Waals surface area contributed by atoms with Gasteiger partial charge in [0.1, 0.15) is 6.04 Å². The Morgan fingerprint density at radius 2 is 1.89 bits per heavy atom. The monoisotopic (exact) mass is 260 g/mol. The van der Waals surface area contributed by atoms with Gasteiger partial charge in [0.25, 0.3) is 0 Å². The van der Waals surface area contributed by atoms with Crippen LogP contribution in [0.3, 0.4) is 0 Å². The zero-order chi connectivity index (χ0) is 14.1. The summed E-state index contributed by atoms with van der Waals surface area (Å²) in [6.07, 6.45) is 0.607. The fraction of sp³-hybridized carbons (Fsp3) is 0.923. The third kappa shape index (κ3) is 7.63. The van der Waals surface area contributed by atoms with Crippen LogP contribution in [0.5, 0.6) is 0 Å². The number of nitrogens with zero attached hydrogens (tertiary/aromatic N) is 1. The van der Waals surface area contributed by atoms with E-state index in [1.807, 2.05) is 13.8 Å². The number of nitrogens with one attached hydrogen (secondary N) is 1. The van der Waals surface area contributed by atoms with E-state index in [9.17, 15) is 4.79 Å². The Hall–Kier alpha value is -0.650. The van der Waals surface area contributed by atoms with Gasteiger partial charge in [-0.2, -0.15) is 0 Å². The summed E-state index contributed by atoms with van der Waals surface area (Å²) in [5.41, 5.74) is 0. The van der Waals surface area contributed by atoms with Gasteiger partial charge in [-0.25, -0.2) is 0 Å². The molecule has 18 heavy (non-hydrogen) atoms. The van der Waals surface area contributed by atoms with Gasteiger partial charge in [-0.3, -0.25) is 9.69 Å². The fourth-order valence-corrected chi connectivity index (χ4v) is 1.81. The number of carboxylic acid groups (broad SMARTS) is 1. The maximum atomic E-state index is 11.1. The standard InChI is InChI=1S/C13H28N2O3/c1-10(2)14-12(13(16)17)6-7-15(11(3)4)8-9-18-5/h10-12,14H,6-9H2,1-5H3,(H,16,17). The summed E-state index contributed by atoms with van der Waals surface area (Å²) in [6, 6.07) is 0.0972. The van der Waals surface area contributed by atoms with Gasteiger partial charge in [0.15, 0.2) is 0 Å². The number of aliphatic carboxylic acids is 1. The summed E-state index contributed by atoms with van der Waals surface area (Å²) in [7, 11) is 1.68. The molecule has 0 aromatic heterocycles. The van der Waals surface area contributed by atoms with Gasteiger partial charge in [0, 0.05) is 32.3 Å². The highest BCUT2D eigenvalue weighted by molar-refractivity contribution is 5.73. The molecule has 0 fully saturated rings. The summed E-state index contributed by atoms with van der Waals surface area (Å²) in [5, 5.41) is 12.2. The van der Waals surface area contributed by atoms with Crippen LogP contribution in [0.25, 0.3) is 0 Å². The van der Waals surface area contributed by atoms with Crippen molar-refractivity contribution in [2.75, 3.05) is 26.8 Å². The number of carbonyl (C=O) groups is 1. The lowest BCUT2D eigenvalue weighted by atomic mass is 10.1. The van der Waals surface area contributed by atoms with Crippen LogP contribution in [0.1, 0.15) is 34.1 Å². The maximum Gasteiger partial charge on any atom is 0.320 e. The van der Waals surface area contributed by atoms with Crippen LogP contribution >= 0.6 is 0 Å². The highest BCUT2D eigenvalue weighted by atomic mass is 16.5. The topological polar surface area (TPSA) is 61.8 Å². The predicted molar refractivity (Wildman–Crippen MR) is 72.9 cm³/mol. The Kier molecular flexibility index (Phi) is 8.97. The minimum atomic E-state index is -0.779. The average Bonchev–Trinajstić information content (AvgIpc) is 2.26. The summed E-state index contributed by atoms with van der Waals surface area (Å²) in [4.78, 5) is 13.4. The third-order valence-corrected chi connectivity index (χ3v) is 2.85. The van der Waals surface area contributed by atoms with E-state index in [0.717, 1.165) is 13.1 Å². The zero-order valence-electron chi connectivity index (χ0n) is 12.3. The molecule has 0 saturated carbocycles. The Bertz CT molecular complexity index is 232. The molecule has 0 spiro atoms. The van der Waals surface area contributed by atoms with Gasteiger partial charge in [-0.15, -0.1) is 0 Å². The van der Waals surface area contributed by atoms with E-state index >= 15 is 0 Å². The minimum Gasteiger partial charge on any atom is -0.480 e. The molecular formula is C13H28N2O3. The lowest BCUT2D eigenvalue weighted by molar-refractivity contribution is -0.140. The molecule has 0 aromatic carbocycles. The Balaban J connectivity index is 4.23. The summed E-state index contributed by atoms with van der Waals surface area (Å²) >= 11 is 0. The van der Waals surface area contributed by atoms with E-state index in [4.69, 9.17) is 9.84 Å². The number of rotatable bonds is 10. The van der Waals surface area contributed by atoms with Gasteiger partial charge in [-0.05, 0) is 20.3 Å². The van der Waals surface area contributed by atoms with Gasteiger partial charge in [0.05, 0.1) is 6.61 Å². The highest BCUT2D eigenvalue weighted by Gasteiger charge is 2.20. The van der Waals surface area contributed by atoms with E-state index in [1.165, 1.54) is 0 Å². The molecular weight excluding hydrogens is 232 g/mol. The average molecular weight is 260 g/mol. The van der Waals surface area contributed by atoms with E-state index in [-0.39, 0.29) is 6.04 Å². The molecule has 0 amide bonds. The van der Waals surface area contributed by atoms with Crippen molar-refractivity contribution < 1.29 is 14.6 Å². The fourth-order valence-electron chi connectivity index (χ4n) is 1.81. The third-order valence-electron chi connectivity index (χ3n) is 2.85. The first-order valence-electron chi connectivity index (χ1n) is 6.60. The predicted octanol–water partition coefficient (Wildman–Crippen LogP) is 1.18. The van der Waals surface area contributed by atoms with E-state index < -0.39 is 12.0 Å². The quantitative estimate of drug-likeness (QED) is 0.618. The van der Waals surface area contributed by atoms with Crippen LogP contribution < -0.4 is 5.32 Å². The van der Waals surface area contributed by atoms with Crippen LogP contribution in [0.15, 0.2) is 0 Å². The second-order valence-electron chi connectivity index (χ2n) is 5.12. The zero-order valence-corrected chi connectivity index (χ0v) is 12.3. The van der Waals surface area contributed by atoms with Crippen LogP contribution in [0.4, 0.5) is 0 Å². The van der Waals surface area contributed by atoms with Crippen LogP contribution in [-0.4, -0.2) is 60.9 Å². The summed E-state index contributed by atoms with van der Waals surface area (Å²) < 4.78 is 5.07. The maximum absolute atomic E-state index is 11.1. The summed E-state index contributed by atoms with van der Waals surface area (Å²) in [6.45, 7) is 10.4. The van der Waals surface area contributed by atoms with Crippen LogP contribution in [-0.2, 0) is 9.53 Å². The Morgan fingerprint density at radius 3 is 2.28 bits per heavy atom. The van der Waals surface area contributed by atoms with Crippen LogP contribution in [0.2, 0.25) is 0 Å². The molecule has 1 unspecified atom stereocenters. The molecule has 0 aliphatic rings. The van der Waals surface area contributed by atoms with Crippen molar-refractivity contribution >= 4 is 5.97 Å². The molecule has 5 heteroatoms. The SMILES string of the molecule is COCCN(CCC(NC(C)C)C(=O)O)C(C)C. The molecule has 1 atom stereocenters. The Labute approximate surface area is 110 Å². The lowest BCUT2D eigenvalue weighted by Crippen LogP contribution is -2.44. The number of hydrogen-bond acceptors (Lipinski definition) is 4. The molecule has 0 rings (SSSR count). The normalized spacial score (nSPS) is 13.6. The van der Waals surface area contributed by atoms with Crippen molar-refractivity contribution in [3.8, 4) is 0 Å². The first-order valence-corrected chi connectivity index (χ1v) is 6.60. The van der Waals surface area contributed by atoms with E-state index in [1.54, 1.807) is 7.11 Å². The molecule has 5 nitrogen and oxygen atoms in total. The lowest BCUT2D eigenvalue weighted by Gasteiger charge is -2.28. The molecule has 0 aliphatic carbocycles. The molecule has 0 aromatic rings. The number of ether oxygens (including phenoxy) is 1. The van der Waals surface area contributed by atoms with Gasteiger partial charge in [0.2, 0.25) is 0 Å². The largest absolute Gasteiger partial charge is 0.480 e.